The monoisotopic (exact) mass is 372 g/mol. The molecule has 4 aromatic rings. The van der Waals surface area contributed by atoms with Crippen LogP contribution in [0.1, 0.15) is 16.1 Å². The number of methoxy groups -OCH3 is 1. The molecule has 2 aromatic heterocycles. The molecule has 2 aromatic carbocycles. The van der Waals surface area contributed by atoms with Crippen molar-refractivity contribution in [2.24, 2.45) is 0 Å². The average Bonchev–Trinajstić information content (AvgIpc) is 3.18. The summed E-state index contributed by atoms with van der Waals surface area (Å²) in [6.45, 7) is 1.94. The number of benzene rings is 2. The van der Waals surface area contributed by atoms with Gasteiger partial charge >= 0.3 is 0 Å². The van der Waals surface area contributed by atoms with Gasteiger partial charge in [-0.3, -0.25) is 10.1 Å². The van der Waals surface area contributed by atoms with Gasteiger partial charge in [-0.05, 0) is 36.8 Å². The second-order valence-electron chi connectivity index (χ2n) is 5.53. The lowest BCUT2D eigenvalue weighted by Gasteiger charge is -1.99. The number of thiazole rings is 1. The molecule has 0 radical (unpaired) electrons. The van der Waals surface area contributed by atoms with Crippen LogP contribution in [0.15, 0.2) is 40.8 Å². The van der Waals surface area contributed by atoms with Crippen LogP contribution in [0.4, 0.5) is 5.13 Å². The summed E-state index contributed by atoms with van der Waals surface area (Å²) >= 11 is 7.44. The normalized spacial score (nSPS) is 11.2. The third-order valence-electron chi connectivity index (χ3n) is 3.82. The van der Waals surface area contributed by atoms with Crippen molar-refractivity contribution in [2.75, 3.05) is 12.4 Å². The SMILES string of the molecule is COc1cccc2cc(C(=O)Nc3nc4c(C)cc(Cl)cc4s3)oc12. The highest BCUT2D eigenvalue weighted by Gasteiger charge is 2.17. The molecule has 0 aliphatic carbocycles. The van der Waals surface area contributed by atoms with Crippen molar-refractivity contribution in [2.45, 2.75) is 6.92 Å². The first-order chi connectivity index (χ1) is 12.0. The van der Waals surface area contributed by atoms with Gasteiger partial charge in [0.2, 0.25) is 0 Å². The van der Waals surface area contributed by atoms with Crippen molar-refractivity contribution >= 4 is 55.2 Å². The second kappa shape index (κ2) is 6.06. The number of halogens is 1. The molecule has 5 nitrogen and oxygen atoms in total. The summed E-state index contributed by atoms with van der Waals surface area (Å²) in [4.78, 5) is 17.0. The average molecular weight is 373 g/mol. The van der Waals surface area contributed by atoms with E-state index >= 15 is 0 Å². The van der Waals surface area contributed by atoms with Gasteiger partial charge in [-0.25, -0.2) is 4.98 Å². The van der Waals surface area contributed by atoms with Crippen molar-refractivity contribution in [3.05, 3.63) is 52.7 Å². The molecule has 4 rings (SSSR count). The smallest absolute Gasteiger partial charge is 0.293 e. The summed E-state index contributed by atoms with van der Waals surface area (Å²) in [6.07, 6.45) is 0. The van der Waals surface area contributed by atoms with Crippen LogP contribution in [0.3, 0.4) is 0 Å². The Labute approximate surface area is 152 Å². The lowest BCUT2D eigenvalue weighted by Crippen LogP contribution is -2.10. The minimum Gasteiger partial charge on any atom is -0.493 e. The van der Waals surface area contributed by atoms with Crippen molar-refractivity contribution in [3.63, 3.8) is 0 Å². The third-order valence-corrected chi connectivity index (χ3v) is 4.96. The Balaban J connectivity index is 1.67. The van der Waals surface area contributed by atoms with Gasteiger partial charge in [-0.15, -0.1) is 0 Å². The highest BCUT2D eigenvalue weighted by atomic mass is 35.5. The van der Waals surface area contributed by atoms with Crippen LogP contribution in [0.25, 0.3) is 21.2 Å². The van der Waals surface area contributed by atoms with Gasteiger partial charge in [0.15, 0.2) is 22.2 Å². The summed E-state index contributed by atoms with van der Waals surface area (Å²) < 4.78 is 11.8. The van der Waals surface area contributed by atoms with Crippen LogP contribution < -0.4 is 10.1 Å². The molecule has 0 bridgehead atoms. The summed E-state index contributed by atoms with van der Waals surface area (Å²) in [5, 5.41) is 4.73. The second-order valence-corrected chi connectivity index (χ2v) is 7.00. The number of anilines is 1. The molecule has 126 valence electrons. The van der Waals surface area contributed by atoms with Crippen LogP contribution in [0, 0.1) is 6.92 Å². The molecule has 0 saturated heterocycles. The number of fused-ring (bicyclic) bond motifs is 2. The number of furan rings is 1. The number of carbonyl (C=O) groups is 1. The molecule has 7 heteroatoms. The first-order valence-electron chi connectivity index (χ1n) is 7.50. The molecule has 0 saturated carbocycles. The molecular weight excluding hydrogens is 360 g/mol. The molecule has 0 unspecified atom stereocenters. The van der Waals surface area contributed by atoms with E-state index in [4.69, 9.17) is 20.8 Å². The zero-order chi connectivity index (χ0) is 17.6. The zero-order valence-electron chi connectivity index (χ0n) is 13.4. The molecule has 25 heavy (non-hydrogen) atoms. The first kappa shape index (κ1) is 15.9. The molecular formula is C18H13ClN2O3S. The minimum absolute atomic E-state index is 0.202. The van der Waals surface area contributed by atoms with Crippen LogP contribution >= 0.6 is 22.9 Å². The summed E-state index contributed by atoms with van der Waals surface area (Å²) in [7, 11) is 1.56. The Hall–Kier alpha value is -2.57. The van der Waals surface area contributed by atoms with Gasteiger partial charge in [-0.2, -0.15) is 0 Å². The van der Waals surface area contributed by atoms with Crippen molar-refractivity contribution in [1.82, 2.24) is 4.98 Å². The number of rotatable bonds is 3. The van der Waals surface area contributed by atoms with Gasteiger partial charge in [0.05, 0.1) is 17.3 Å². The maximum Gasteiger partial charge on any atom is 0.293 e. The largest absolute Gasteiger partial charge is 0.493 e. The standard InChI is InChI=1S/C18H13ClN2O3S/c1-9-6-11(19)8-14-15(9)20-18(25-14)21-17(22)13-7-10-4-3-5-12(23-2)16(10)24-13/h3-8H,1-2H3,(H,20,21,22). The molecule has 0 aliphatic heterocycles. The van der Waals surface area contributed by atoms with E-state index in [1.165, 1.54) is 11.3 Å². The van der Waals surface area contributed by atoms with E-state index < -0.39 is 0 Å². The maximum absolute atomic E-state index is 12.5. The maximum atomic E-state index is 12.5. The van der Waals surface area contributed by atoms with Crippen LogP contribution in [-0.2, 0) is 0 Å². The number of hydrogen-bond donors (Lipinski definition) is 1. The van der Waals surface area contributed by atoms with Gasteiger partial charge in [-0.1, -0.05) is 35.1 Å². The van der Waals surface area contributed by atoms with E-state index in [0.717, 1.165) is 21.2 Å². The lowest BCUT2D eigenvalue weighted by atomic mass is 10.2. The van der Waals surface area contributed by atoms with Crippen LogP contribution in [0.5, 0.6) is 5.75 Å². The molecule has 1 N–H and O–H groups in total. The number of nitrogens with zero attached hydrogens (tertiary/aromatic N) is 1. The fourth-order valence-corrected chi connectivity index (χ4v) is 3.99. The Morgan fingerprint density at radius 1 is 1.32 bits per heavy atom. The van der Waals surface area contributed by atoms with Crippen molar-refractivity contribution < 1.29 is 13.9 Å². The van der Waals surface area contributed by atoms with E-state index in [-0.39, 0.29) is 11.7 Å². The number of ether oxygens (including phenoxy) is 1. The number of para-hydroxylation sites is 1. The fourth-order valence-electron chi connectivity index (χ4n) is 2.68. The summed E-state index contributed by atoms with van der Waals surface area (Å²) in [5.41, 5.74) is 2.34. The van der Waals surface area contributed by atoms with E-state index in [9.17, 15) is 4.79 Å². The lowest BCUT2D eigenvalue weighted by molar-refractivity contribution is 0.0998. The van der Waals surface area contributed by atoms with Crippen LogP contribution in [-0.4, -0.2) is 18.0 Å². The van der Waals surface area contributed by atoms with E-state index in [2.05, 4.69) is 10.3 Å². The number of aryl methyl sites for hydroxylation is 1. The predicted octanol–water partition coefficient (Wildman–Crippen LogP) is 5.27. The molecule has 0 fully saturated rings. The Bertz CT molecular complexity index is 1120. The first-order valence-corrected chi connectivity index (χ1v) is 8.69. The van der Waals surface area contributed by atoms with Crippen molar-refractivity contribution in [3.8, 4) is 5.75 Å². The molecule has 0 spiro atoms. The van der Waals surface area contributed by atoms with Gasteiger partial charge < -0.3 is 9.15 Å². The number of aromatic nitrogens is 1. The fraction of sp³-hybridized carbons (Fsp3) is 0.111. The van der Waals surface area contributed by atoms with E-state index in [1.54, 1.807) is 19.2 Å². The third kappa shape index (κ3) is 2.83. The Morgan fingerprint density at radius 2 is 2.16 bits per heavy atom. The van der Waals surface area contributed by atoms with Gasteiger partial charge in [0.25, 0.3) is 5.91 Å². The predicted molar refractivity (Wildman–Crippen MR) is 100 cm³/mol. The highest BCUT2D eigenvalue weighted by Crippen LogP contribution is 2.32. The minimum atomic E-state index is -0.360. The van der Waals surface area contributed by atoms with Crippen LogP contribution in [0.2, 0.25) is 5.02 Å². The van der Waals surface area contributed by atoms with E-state index in [1.807, 2.05) is 31.2 Å². The number of amides is 1. The zero-order valence-corrected chi connectivity index (χ0v) is 15.0. The van der Waals surface area contributed by atoms with Gasteiger partial charge in [0.1, 0.15) is 0 Å². The molecule has 2 heterocycles. The topological polar surface area (TPSA) is 64.4 Å². The number of nitrogens with one attached hydrogen (secondary N) is 1. The highest BCUT2D eigenvalue weighted by molar-refractivity contribution is 7.22. The summed E-state index contributed by atoms with van der Waals surface area (Å²) in [5.74, 6) is 0.427. The molecule has 0 aliphatic rings. The summed E-state index contributed by atoms with van der Waals surface area (Å²) in [6, 6.07) is 10.9. The Morgan fingerprint density at radius 3 is 2.96 bits per heavy atom. The Kier molecular flexibility index (Phi) is 3.86. The molecule has 1 amide bonds. The van der Waals surface area contributed by atoms with Gasteiger partial charge in [0, 0.05) is 10.4 Å². The number of carbonyl (C=O) groups excluding carboxylic acids is 1. The molecule has 0 atom stereocenters. The quantitative estimate of drug-likeness (QED) is 0.532. The van der Waals surface area contributed by atoms with Crippen molar-refractivity contribution in [1.29, 1.82) is 0 Å². The van der Waals surface area contributed by atoms with E-state index in [0.29, 0.717) is 21.5 Å². The number of hydrogen-bond acceptors (Lipinski definition) is 5.